The molecule has 136 valence electrons. The van der Waals surface area contributed by atoms with E-state index in [0.29, 0.717) is 12.5 Å². The number of rotatable bonds is 6. The number of hydrogen-bond acceptors (Lipinski definition) is 3. The van der Waals surface area contributed by atoms with Crippen molar-refractivity contribution in [3.05, 3.63) is 35.9 Å². The van der Waals surface area contributed by atoms with Crippen LogP contribution in [-0.4, -0.2) is 36.5 Å². The van der Waals surface area contributed by atoms with Crippen LogP contribution >= 0.6 is 24.8 Å². The second-order valence-electron chi connectivity index (χ2n) is 6.75. The summed E-state index contributed by atoms with van der Waals surface area (Å²) in [5, 5.41) is 3.19. The number of nitrogens with zero attached hydrogens (tertiary/aromatic N) is 1. The van der Waals surface area contributed by atoms with Crippen LogP contribution in [0.15, 0.2) is 30.3 Å². The fraction of sp³-hybridized carbons (Fsp3) is 0.611. The van der Waals surface area contributed by atoms with Gasteiger partial charge in [-0.1, -0.05) is 30.3 Å². The standard InChI is InChI=1S/C18H27N3O.2ClH/c19-11-17(15-8-9-15)20-18(22)16-7-4-10-21(13-16)12-14-5-2-1-3-6-14;;/h1-3,5-6,15-17H,4,7-13,19H2,(H,20,22);2*1H. The topological polar surface area (TPSA) is 58.4 Å². The van der Waals surface area contributed by atoms with E-state index in [-0.39, 0.29) is 42.7 Å². The molecule has 1 saturated carbocycles. The molecule has 3 N–H and O–H groups in total. The third-order valence-electron chi connectivity index (χ3n) is 4.90. The summed E-state index contributed by atoms with van der Waals surface area (Å²) in [6.07, 6.45) is 4.53. The van der Waals surface area contributed by atoms with Crippen LogP contribution in [0.2, 0.25) is 0 Å². The fourth-order valence-corrected chi connectivity index (χ4v) is 3.42. The average molecular weight is 374 g/mol. The van der Waals surface area contributed by atoms with Gasteiger partial charge >= 0.3 is 0 Å². The van der Waals surface area contributed by atoms with Crippen LogP contribution in [0.25, 0.3) is 0 Å². The molecule has 1 aromatic carbocycles. The SMILES string of the molecule is Cl.Cl.NCC(NC(=O)C1CCCN(Cc2ccccc2)C1)C1CC1. The van der Waals surface area contributed by atoms with Crippen LogP contribution < -0.4 is 11.1 Å². The largest absolute Gasteiger partial charge is 0.352 e. The highest BCUT2D eigenvalue weighted by Gasteiger charge is 2.33. The Balaban J connectivity index is 0.00000144. The van der Waals surface area contributed by atoms with Gasteiger partial charge in [-0.3, -0.25) is 9.69 Å². The number of piperidine rings is 1. The van der Waals surface area contributed by atoms with Gasteiger partial charge in [0.05, 0.1) is 5.92 Å². The van der Waals surface area contributed by atoms with Gasteiger partial charge in [0, 0.05) is 25.7 Å². The number of benzene rings is 1. The molecule has 1 aromatic rings. The van der Waals surface area contributed by atoms with Crippen molar-refractivity contribution < 1.29 is 4.79 Å². The number of hydrogen-bond donors (Lipinski definition) is 2. The first-order valence-electron chi connectivity index (χ1n) is 8.53. The van der Waals surface area contributed by atoms with Crippen molar-refractivity contribution in [3.63, 3.8) is 0 Å². The molecule has 1 aliphatic heterocycles. The predicted molar refractivity (Wildman–Crippen MR) is 103 cm³/mol. The molecule has 1 heterocycles. The Kier molecular flexibility index (Phi) is 9.06. The molecule has 1 amide bonds. The van der Waals surface area contributed by atoms with Crippen molar-refractivity contribution in [1.29, 1.82) is 0 Å². The molecule has 2 aliphatic rings. The number of nitrogens with two attached hydrogens (primary N) is 1. The van der Waals surface area contributed by atoms with E-state index in [1.54, 1.807) is 0 Å². The Morgan fingerprint density at radius 2 is 1.92 bits per heavy atom. The zero-order valence-electron chi connectivity index (χ0n) is 14.0. The first-order valence-corrected chi connectivity index (χ1v) is 8.53. The van der Waals surface area contributed by atoms with Crippen molar-refractivity contribution in [3.8, 4) is 0 Å². The molecular weight excluding hydrogens is 345 g/mol. The third-order valence-corrected chi connectivity index (χ3v) is 4.90. The van der Waals surface area contributed by atoms with E-state index in [1.165, 1.54) is 18.4 Å². The number of nitrogens with one attached hydrogen (secondary N) is 1. The zero-order valence-corrected chi connectivity index (χ0v) is 15.7. The molecule has 3 rings (SSSR count). The second kappa shape index (κ2) is 10.2. The molecule has 0 radical (unpaired) electrons. The van der Waals surface area contributed by atoms with Gasteiger partial charge in [0.2, 0.25) is 5.91 Å². The van der Waals surface area contributed by atoms with E-state index in [4.69, 9.17) is 5.73 Å². The van der Waals surface area contributed by atoms with Gasteiger partial charge in [-0.2, -0.15) is 0 Å². The summed E-state index contributed by atoms with van der Waals surface area (Å²) in [6, 6.07) is 10.7. The first kappa shape index (κ1) is 21.2. The summed E-state index contributed by atoms with van der Waals surface area (Å²) >= 11 is 0. The molecule has 1 saturated heterocycles. The van der Waals surface area contributed by atoms with Crippen LogP contribution in [0.1, 0.15) is 31.2 Å². The summed E-state index contributed by atoms with van der Waals surface area (Å²) in [4.78, 5) is 14.9. The number of likely N-dealkylation sites (tertiary alicyclic amines) is 1. The van der Waals surface area contributed by atoms with Crippen LogP contribution in [0.3, 0.4) is 0 Å². The highest BCUT2D eigenvalue weighted by atomic mass is 35.5. The summed E-state index contributed by atoms with van der Waals surface area (Å²) in [5.74, 6) is 0.948. The van der Waals surface area contributed by atoms with Gasteiger partial charge in [-0.05, 0) is 43.7 Å². The predicted octanol–water partition coefficient (Wildman–Crippen LogP) is 2.60. The van der Waals surface area contributed by atoms with Crippen molar-refractivity contribution >= 4 is 30.7 Å². The molecule has 1 aliphatic carbocycles. The van der Waals surface area contributed by atoms with Gasteiger partial charge < -0.3 is 11.1 Å². The van der Waals surface area contributed by atoms with Crippen LogP contribution in [-0.2, 0) is 11.3 Å². The van der Waals surface area contributed by atoms with Crippen LogP contribution in [0.4, 0.5) is 0 Å². The van der Waals surface area contributed by atoms with Crippen molar-refractivity contribution in [2.24, 2.45) is 17.6 Å². The minimum Gasteiger partial charge on any atom is -0.352 e. The average Bonchev–Trinajstić information content (AvgIpc) is 3.38. The molecule has 0 bridgehead atoms. The van der Waals surface area contributed by atoms with Gasteiger partial charge in [0.15, 0.2) is 0 Å². The maximum atomic E-state index is 12.5. The molecule has 6 heteroatoms. The van der Waals surface area contributed by atoms with Crippen molar-refractivity contribution in [2.45, 2.75) is 38.3 Å². The Bertz CT molecular complexity index is 496. The summed E-state index contributed by atoms with van der Waals surface area (Å²) in [6.45, 7) is 3.45. The molecule has 2 atom stereocenters. The highest BCUT2D eigenvalue weighted by Crippen LogP contribution is 2.32. The molecule has 4 nitrogen and oxygen atoms in total. The Morgan fingerprint density at radius 3 is 2.54 bits per heavy atom. The molecule has 0 spiro atoms. The van der Waals surface area contributed by atoms with Gasteiger partial charge in [-0.15, -0.1) is 24.8 Å². The minimum absolute atomic E-state index is 0. The quantitative estimate of drug-likeness (QED) is 0.805. The van der Waals surface area contributed by atoms with E-state index in [2.05, 4.69) is 34.5 Å². The minimum atomic E-state index is 0. The summed E-state index contributed by atoms with van der Waals surface area (Å²) in [7, 11) is 0. The first-order chi connectivity index (χ1) is 10.8. The maximum absolute atomic E-state index is 12.5. The lowest BCUT2D eigenvalue weighted by atomic mass is 9.96. The maximum Gasteiger partial charge on any atom is 0.224 e. The third kappa shape index (κ3) is 5.92. The molecule has 0 aromatic heterocycles. The molecule has 24 heavy (non-hydrogen) atoms. The molecule has 2 fully saturated rings. The fourth-order valence-electron chi connectivity index (χ4n) is 3.42. The van der Waals surface area contributed by atoms with Crippen molar-refractivity contribution in [1.82, 2.24) is 10.2 Å². The second-order valence-corrected chi connectivity index (χ2v) is 6.75. The zero-order chi connectivity index (χ0) is 15.4. The van der Waals surface area contributed by atoms with Gasteiger partial charge in [-0.25, -0.2) is 0 Å². The lowest BCUT2D eigenvalue weighted by Gasteiger charge is -2.33. The normalized spacial score (nSPS) is 22.0. The van der Waals surface area contributed by atoms with E-state index in [9.17, 15) is 4.79 Å². The number of carbonyl (C=O) groups excluding carboxylic acids is 1. The van der Waals surface area contributed by atoms with Crippen LogP contribution in [0.5, 0.6) is 0 Å². The van der Waals surface area contributed by atoms with Crippen LogP contribution in [0, 0.1) is 11.8 Å². The Morgan fingerprint density at radius 1 is 1.21 bits per heavy atom. The summed E-state index contributed by atoms with van der Waals surface area (Å²) in [5.41, 5.74) is 7.12. The number of amides is 1. The van der Waals surface area contributed by atoms with Gasteiger partial charge in [0.1, 0.15) is 0 Å². The number of halogens is 2. The van der Waals surface area contributed by atoms with Gasteiger partial charge in [0.25, 0.3) is 0 Å². The van der Waals surface area contributed by atoms with E-state index >= 15 is 0 Å². The lowest BCUT2D eigenvalue weighted by molar-refractivity contribution is -0.127. The summed E-state index contributed by atoms with van der Waals surface area (Å²) < 4.78 is 0. The van der Waals surface area contributed by atoms with E-state index in [0.717, 1.165) is 32.5 Å². The highest BCUT2D eigenvalue weighted by molar-refractivity contribution is 5.85. The molecular formula is C18H29Cl2N3O. The Hall–Kier alpha value is -0.810. The monoisotopic (exact) mass is 373 g/mol. The Labute approximate surface area is 157 Å². The molecule has 2 unspecified atom stereocenters. The van der Waals surface area contributed by atoms with Crippen molar-refractivity contribution in [2.75, 3.05) is 19.6 Å². The smallest absolute Gasteiger partial charge is 0.224 e. The number of carbonyl (C=O) groups is 1. The van der Waals surface area contributed by atoms with E-state index in [1.807, 2.05) is 6.07 Å². The van der Waals surface area contributed by atoms with E-state index < -0.39 is 0 Å². The lowest BCUT2D eigenvalue weighted by Crippen LogP contribution is -2.48.